The topological polar surface area (TPSA) is 29.1 Å². The van der Waals surface area contributed by atoms with E-state index in [1.165, 1.54) is 25.0 Å². The zero-order chi connectivity index (χ0) is 10.4. The van der Waals surface area contributed by atoms with Gasteiger partial charge in [-0.15, -0.1) is 0 Å². The van der Waals surface area contributed by atoms with Crippen LogP contribution in [0.2, 0.25) is 0 Å². The fourth-order valence-corrected chi connectivity index (χ4v) is 3.44. The molecule has 15 heavy (non-hydrogen) atoms. The van der Waals surface area contributed by atoms with Crippen molar-refractivity contribution in [2.24, 2.45) is 0 Å². The van der Waals surface area contributed by atoms with Crippen LogP contribution in [0.4, 0.5) is 4.39 Å². The number of halogens is 1. The minimum atomic E-state index is -0.954. The summed E-state index contributed by atoms with van der Waals surface area (Å²) in [5, 5.41) is 3.41. The third-order valence-corrected chi connectivity index (χ3v) is 4.42. The highest BCUT2D eigenvalue weighted by Gasteiger charge is 2.33. The molecule has 0 bridgehead atoms. The molecule has 0 amide bonds. The second-order valence-corrected chi connectivity index (χ2v) is 5.65. The molecule has 4 heteroatoms. The van der Waals surface area contributed by atoms with Crippen LogP contribution in [-0.4, -0.2) is 16.0 Å². The molecule has 2 nitrogen and oxygen atoms in total. The summed E-state index contributed by atoms with van der Waals surface area (Å²) in [4.78, 5) is 0.801. The lowest BCUT2D eigenvalue weighted by Gasteiger charge is -2.11. The van der Waals surface area contributed by atoms with Gasteiger partial charge in [0.15, 0.2) is 0 Å². The van der Waals surface area contributed by atoms with Gasteiger partial charge in [0.2, 0.25) is 0 Å². The molecular formula is C11H12FNOS. The predicted octanol–water partition coefficient (Wildman–Crippen LogP) is 1.74. The van der Waals surface area contributed by atoms with E-state index in [1.807, 2.05) is 0 Å². The fourth-order valence-electron chi connectivity index (χ4n) is 2.00. The van der Waals surface area contributed by atoms with Crippen molar-refractivity contribution in [1.82, 2.24) is 5.32 Å². The van der Waals surface area contributed by atoms with Crippen LogP contribution in [0.1, 0.15) is 24.4 Å². The van der Waals surface area contributed by atoms with Crippen LogP contribution >= 0.6 is 0 Å². The van der Waals surface area contributed by atoms with Crippen LogP contribution in [-0.2, 0) is 10.8 Å². The van der Waals surface area contributed by atoms with Gasteiger partial charge < -0.3 is 5.32 Å². The molecule has 0 aromatic heterocycles. The van der Waals surface area contributed by atoms with Crippen molar-refractivity contribution in [2.75, 3.05) is 5.75 Å². The maximum atomic E-state index is 13.1. The van der Waals surface area contributed by atoms with Crippen LogP contribution in [0.5, 0.6) is 0 Å². The Morgan fingerprint density at radius 2 is 2.20 bits per heavy atom. The molecule has 1 aliphatic heterocycles. The Bertz CT molecular complexity index is 431. The Morgan fingerprint density at radius 1 is 1.40 bits per heavy atom. The Hall–Kier alpha value is -0.740. The molecule has 1 aromatic rings. The second kappa shape index (κ2) is 3.39. The van der Waals surface area contributed by atoms with E-state index in [0.717, 1.165) is 10.5 Å². The summed E-state index contributed by atoms with van der Waals surface area (Å²) >= 11 is 0. The van der Waals surface area contributed by atoms with Crippen molar-refractivity contribution in [3.05, 3.63) is 29.6 Å². The Labute approximate surface area is 90.3 Å². The van der Waals surface area contributed by atoms with E-state index < -0.39 is 10.8 Å². The molecule has 0 saturated heterocycles. The first-order valence-electron chi connectivity index (χ1n) is 5.18. The summed E-state index contributed by atoms with van der Waals surface area (Å²) in [7, 11) is -0.954. The summed E-state index contributed by atoms with van der Waals surface area (Å²) in [5.41, 5.74) is 0.889. The van der Waals surface area contributed by atoms with E-state index in [0.29, 0.717) is 11.8 Å². The van der Waals surface area contributed by atoms with E-state index in [4.69, 9.17) is 0 Å². The molecule has 3 rings (SSSR count). The number of hydrogen-bond donors (Lipinski definition) is 1. The highest BCUT2D eigenvalue weighted by molar-refractivity contribution is 7.85. The van der Waals surface area contributed by atoms with Crippen LogP contribution in [0.3, 0.4) is 0 Å². The number of nitrogens with one attached hydrogen (secondary N) is 1. The van der Waals surface area contributed by atoms with Gasteiger partial charge in [-0.05, 0) is 36.6 Å². The fraction of sp³-hybridized carbons (Fsp3) is 0.455. The summed E-state index contributed by atoms with van der Waals surface area (Å²) in [5.74, 6) is 0.352. The van der Waals surface area contributed by atoms with Gasteiger partial charge in [0.05, 0.1) is 10.8 Å². The standard InChI is InChI=1S/C11H12FNOS/c12-7-1-4-11-9(5-7)10(6-15(11)14)13-8-2-3-8/h1,4-5,8,10,13H,2-3,6H2. The maximum absolute atomic E-state index is 13.1. The normalized spacial score (nSPS) is 29.1. The number of benzene rings is 1. The zero-order valence-electron chi connectivity index (χ0n) is 8.20. The number of hydrogen-bond acceptors (Lipinski definition) is 2. The monoisotopic (exact) mass is 225 g/mol. The third kappa shape index (κ3) is 1.72. The first-order valence-corrected chi connectivity index (χ1v) is 6.50. The van der Waals surface area contributed by atoms with E-state index in [1.54, 1.807) is 6.07 Å². The average Bonchev–Trinajstić information content (AvgIpc) is 2.95. The largest absolute Gasteiger partial charge is 0.306 e. The first-order chi connectivity index (χ1) is 7.24. The maximum Gasteiger partial charge on any atom is 0.123 e. The summed E-state index contributed by atoms with van der Waals surface area (Å²) in [6, 6.07) is 5.19. The highest BCUT2D eigenvalue weighted by atomic mass is 32.2. The summed E-state index contributed by atoms with van der Waals surface area (Å²) < 4.78 is 24.8. The molecule has 1 saturated carbocycles. The van der Waals surface area contributed by atoms with Crippen molar-refractivity contribution in [3.63, 3.8) is 0 Å². The van der Waals surface area contributed by atoms with Crippen LogP contribution in [0.25, 0.3) is 0 Å². The van der Waals surface area contributed by atoms with Gasteiger partial charge in [0.25, 0.3) is 0 Å². The molecule has 1 aromatic carbocycles. The van der Waals surface area contributed by atoms with Crippen molar-refractivity contribution in [2.45, 2.75) is 29.8 Å². The van der Waals surface area contributed by atoms with E-state index in [2.05, 4.69) is 5.32 Å². The van der Waals surface area contributed by atoms with Crippen LogP contribution in [0.15, 0.2) is 23.1 Å². The molecule has 1 N–H and O–H groups in total. The van der Waals surface area contributed by atoms with E-state index in [9.17, 15) is 8.60 Å². The molecular weight excluding hydrogens is 213 g/mol. The SMILES string of the molecule is O=S1CC(NC2CC2)c2cc(F)ccc21. The van der Waals surface area contributed by atoms with Crippen molar-refractivity contribution in [1.29, 1.82) is 0 Å². The zero-order valence-corrected chi connectivity index (χ0v) is 9.02. The van der Waals surface area contributed by atoms with Gasteiger partial charge in [-0.25, -0.2) is 4.39 Å². The van der Waals surface area contributed by atoms with Crippen molar-refractivity contribution in [3.8, 4) is 0 Å². The molecule has 2 aliphatic rings. The Kier molecular flexibility index (Phi) is 2.14. The minimum absolute atomic E-state index is 0.0871. The number of rotatable bonds is 2. The van der Waals surface area contributed by atoms with Gasteiger partial charge in [0, 0.05) is 22.7 Å². The van der Waals surface area contributed by atoms with E-state index in [-0.39, 0.29) is 11.9 Å². The van der Waals surface area contributed by atoms with Crippen LogP contribution < -0.4 is 5.32 Å². The van der Waals surface area contributed by atoms with E-state index >= 15 is 0 Å². The summed E-state index contributed by atoms with van der Waals surface area (Å²) in [6.45, 7) is 0. The lowest BCUT2D eigenvalue weighted by atomic mass is 10.1. The van der Waals surface area contributed by atoms with Gasteiger partial charge in [-0.2, -0.15) is 0 Å². The van der Waals surface area contributed by atoms with Crippen molar-refractivity contribution >= 4 is 10.8 Å². The molecule has 1 heterocycles. The lowest BCUT2D eigenvalue weighted by molar-refractivity contribution is 0.567. The second-order valence-electron chi connectivity index (χ2n) is 4.19. The quantitative estimate of drug-likeness (QED) is 0.830. The Balaban J connectivity index is 1.95. The molecule has 1 fully saturated rings. The highest BCUT2D eigenvalue weighted by Crippen LogP contribution is 2.34. The first kappa shape index (κ1) is 9.48. The van der Waals surface area contributed by atoms with Gasteiger partial charge in [-0.1, -0.05) is 0 Å². The smallest absolute Gasteiger partial charge is 0.123 e. The predicted molar refractivity (Wildman–Crippen MR) is 56.6 cm³/mol. The van der Waals surface area contributed by atoms with Gasteiger partial charge in [-0.3, -0.25) is 4.21 Å². The van der Waals surface area contributed by atoms with Gasteiger partial charge >= 0.3 is 0 Å². The van der Waals surface area contributed by atoms with Crippen molar-refractivity contribution < 1.29 is 8.60 Å². The third-order valence-electron chi connectivity index (χ3n) is 2.92. The van der Waals surface area contributed by atoms with Crippen LogP contribution in [0, 0.1) is 5.82 Å². The summed E-state index contributed by atoms with van der Waals surface area (Å²) in [6.07, 6.45) is 2.38. The molecule has 2 atom stereocenters. The number of fused-ring (bicyclic) bond motifs is 1. The molecule has 0 radical (unpaired) electrons. The Morgan fingerprint density at radius 3 is 2.93 bits per heavy atom. The molecule has 0 spiro atoms. The lowest BCUT2D eigenvalue weighted by Crippen LogP contribution is -2.24. The average molecular weight is 225 g/mol. The minimum Gasteiger partial charge on any atom is -0.306 e. The van der Waals surface area contributed by atoms with Gasteiger partial charge in [0.1, 0.15) is 5.82 Å². The molecule has 80 valence electrons. The molecule has 2 unspecified atom stereocenters. The molecule has 1 aliphatic carbocycles.